The lowest BCUT2D eigenvalue weighted by molar-refractivity contribution is 0.886. The highest BCUT2D eigenvalue weighted by molar-refractivity contribution is 6.30. The number of fused-ring (bicyclic) bond motifs is 3. The van der Waals surface area contributed by atoms with Crippen molar-refractivity contribution in [1.29, 1.82) is 0 Å². The van der Waals surface area contributed by atoms with Gasteiger partial charge >= 0.3 is 0 Å². The zero-order chi connectivity index (χ0) is 17.7. The standard InChI is InChI=1S/C19H13ClN6/c1-12-7-8-14(20)9-16(12)26-18-15(10-22-26)19-24-23-17(25(19)11-21-18)13-5-3-2-4-6-13/h2-11H,1H3. The minimum atomic E-state index is 0.657. The molecule has 0 atom stereocenters. The molecule has 5 aromatic rings. The van der Waals surface area contributed by atoms with Crippen LogP contribution >= 0.6 is 11.6 Å². The minimum Gasteiger partial charge on any atom is -0.265 e. The van der Waals surface area contributed by atoms with Crippen LogP contribution in [0.15, 0.2) is 61.1 Å². The maximum Gasteiger partial charge on any atom is 0.175 e. The van der Waals surface area contributed by atoms with E-state index in [2.05, 4.69) is 20.3 Å². The van der Waals surface area contributed by atoms with Crippen molar-refractivity contribution in [1.82, 2.24) is 29.4 Å². The van der Waals surface area contributed by atoms with Crippen molar-refractivity contribution >= 4 is 28.3 Å². The Morgan fingerprint density at radius 3 is 2.65 bits per heavy atom. The summed E-state index contributed by atoms with van der Waals surface area (Å²) >= 11 is 6.16. The van der Waals surface area contributed by atoms with Crippen molar-refractivity contribution in [2.75, 3.05) is 0 Å². The lowest BCUT2D eigenvalue weighted by atomic mass is 10.2. The highest BCUT2D eigenvalue weighted by Crippen LogP contribution is 2.26. The lowest BCUT2D eigenvalue weighted by Gasteiger charge is -2.07. The molecule has 0 unspecified atom stereocenters. The van der Waals surface area contributed by atoms with E-state index in [1.165, 1.54) is 0 Å². The largest absolute Gasteiger partial charge is 0.265 e. The third-order valence-corrected chi connectivity index (χ3v) is 4.64. The number of hydrogen-bond donors (Lipinski definition) is 0. The number of rotatable bonds is 2. The van der Waals surface area contributed by atoms with E-state index in [0.717, 1.165) is 39.3 Å². The molecule has 0 aliphatic rings. The van der Waals surface area contributed by atoms with Gasteiger partial charge < -0.3 is 0 Å². The molecule has 2 aromatic carbocycles. The van der Waals surface area contributed by atoms with Crippen LogP contribution < -0.4 is 0 Å². The molecule has 0 bridgehead atoms. The van der Waals surface area contributed by atoms with Crippen LogP contribution in [0.1, 0.15) is 5.56 Å². The van der Waals surface area contributed by atoms with Gasteiger partial charge in [0.05, 0.1) is 17.3 Å². The van der Waals surface area contributed by atoms with Gasteiger partial charge in [0, 0.05) is 10.6 Å². The van der Waals surface area contributed by atoms with Crippen LogP contribution in [0.4, 0.5) is 0 Å². The first kappa shape index (κ1) is 15.0. The average molecular weight is 361 g/mol. The Morgan fingerprint density at radius 1 is 0.962 bits per heavy atom. The molecule has 126 valence electrons. The van der Waals surface area contributed by atoms with E-state index in [0.29, 0.717) is 5.02 Å². The van der Waals surface area contributed by atoms with Crippen LogP contribution in [0.3, 0.4) is 0 Å². The van der Waals surface area contributed by atoms with Crippen LogP contribution in [0.2, 0.25) is 5.02 Å². The summed E-state index contributed by atoms with van der Waals surface area (Å²) in [7, 11) is 0. The van der Waals surface area contributed by atoms with Crippen LogP contribution in [0, 0.1) is 6.92 Å². The van der Waals surface area contributed by atoms with Crippen LogP contribution in [0.25, 0.3) is 33.8 Å². The molecule has 26 heavy (non-hydrogen) atoms. The van der Waals surface area contributed by atoms with Gasteiger partial charge in [-0.15, -0.1) is 10.2 Å². The molecule has 6 nitrogen and oxygen atoms in total. The van der Waals surface area contributed by atoms with Crippen LogP contribution in [-0.4, -0.2) is 29.4 Å². The van der Waals surface area contributed by atoms with Gasteiger partial charge in [0.1, 0.15) is 6.33 Å². The Hall–Kier alpha value is -3.25. The van der Waals surface area contributed by atoms with Crippen molar-refractivity contribution in [3.63, 3.8) is 0 Å². The second-order valence-electron chi connectivity index (χ2n) is 6.05. The molecule has 0 spiro atoms. The van der Waals surface area contributed by atoms with Gasteiger partial charge in [0.15, 0.2) is 17.1 Å². The third kappa shape index (κ3) is 2.19. The van der Waals surface area contributed by atoms with E-state index in [1.54, 1.807) is 17.2 Å². The molecular formula is C19H13ClN6. The predicted octanol–water partition coefficient (Wildman–Crippen LogP) is 4.09. The number of aryl methyl sites for hydroxylation is 1. The van der Waals surface area contributed by atoms with Gasteiger partial charge in [0.2, 0.25) is 0 Å². The third-order valence-electron chi connectivity index (χ3n) is 4.41. The van der Waals surface area contributed by atoms with E-state index in [4.69, 9.17) is 11.6 Å². The van der Waals surface area contributed by atoms with Gasteiger partial charge in [-0.05, 0) is 24.6 Å². The van der Waals surface area contributed by atoms with Gasteiger partial charge in [0.25, 0.3) is 0 Å². The Kier molecular flexibility index (Phi) is 3.26. The van der Waals surface area contributed by atoms with E-state index in [1.807, 2.05) is 59.9 Å². The molecule has 5 rings (SSSR count). The van der Waals surface area contributed by atoms with Gasteiger partial charge in [-0.3, -0.25) is 4.40 Å². The molecule has 0 N–H and O–H groups in total. The highest BCUT2D eigenvalue weighted by Gasteiger charge is 2.16. The Bertz CT molecular complexity index is 1260. The number of halogens is 1. The second-order valence-corrected chi connectivity index (χ2v) is 6.49. The summed E-state index contributed by atoms with van der Waals surface area (Å²) in [6.45, 7) is 2.02. The number of nitrogens with zero attached hydrogens (tertiary/aromatic N) is 6. The molecule has 3 aromatic heterocycles. The van der Waals surface area contributed by atoms with E-state index < -0.39 is 0 Å². The summed E-state index contributed by atoms with van der Waals surface area (Å²) < 4.78 is 3.67. The molecule has 3 heterocycles. The fraction of sp³-hybridized carbons (Fsp3) is 0.0526. The molecule has 0 fully saturated rings. The second kappa shape index (κ2) is 5.64. The van der Waals surface area contributed by atoms with Crippen molar-refractivity contribution in [3.05, 3.63) is 71.6 Å². The topological polar surface area (TPSA) is 60.9 Å². The highest BCUT2D eigenvalue weighted by atomic mass is 35.5. The number of aromatic nitrogens is 6. The zero-order valence-corrected chi connectivity index (χ0v) is 14.6. The summed E-state index contributed by atoms with van der Waals surface area (Å²) in [6.07, 6.45) is 3.50. The molecule has 7 heteroatoms. The summed E-state index contributed by atoms with van der Waals surface area (Å²) in [6, 6.07) is 15.6. The molecule has 0 saturated carbocycles. The Balaban J connectivity index is 1.75. The van der Waals surface area contributed by atoms with Gasteiger partial charge in [-0.25, -0.2) is 9.67 Å². The molecule has 0 radical (unpaired) electrons. The molecule has 0 saturated heterocycles. The Morgan fingerprint density at radius 2 is 1.81 bits per heavy atom. The van der Waals surface area contributed by atoms with Crippen molar-refractivity contribution in [2.45, 2.75) is 6.92 Å². The minimum absolute atomic E-state index is 0.657. The first-order chi connectivity index (χ1) is 12.7. The Labute approximate surface area is 153 Å². The number of hydrogen-bond acceptors (Lipinski definition) is 4. The van der Waals surface area contributed by atoms with E-state index >= 15 is 0 Å². The van der Waals surface area contributed by atoms with Crippen LogP contribution in [0.5, 0.6) is 0 Å². The zero-order valence-electron chi connectivity index (χ0n) is 13.8. The predicted molar refractivity (Wildman–Crippen MR) is 101 cm³/mol. The number of benzene rings is 2. The van der Waals surface area contributed by atoms with Crippen LogP contribution in [-0.2, 0) is 0 Å². The monoisotopic (exact) mass is 360 g/mol. The summed E-state index contributed by atoms with van der Waals surface area (Å²) in [5.74, 6) is 0.752. The quantitative estimate of drug-likeness (QED) is 0.475. The molecule has 0 aliphatic heterocycles. The average Bonchev–Trinajstić information content (AvgIpc) is 3.28. The van der Waals surface area contributed by atoms with E-state index in [-0.39, 0.29) is 0 Å². The first-order valence-corrected chi connectivity index (χ1v) is 8.49. The molecular weight excluding hydrogens is 348 g/mol. The summed E-state index contributed by atoms with van der Waals surface area (Å²) in [5.41, 5.74) is 4.38. The van der Waals surface area contributed by atoms with Gasteiger partial charge in [-0.1, -0.05) is 48.0 Å². The first-order valence-electron chi connectivity index (χ1n) is 8.12. The fourth-order valence-corrected chi connectivity index (χ4v) is 3.26. The SMILES string of the molecule is Cc1ccc(Cl)cc1-n1ncc2c1ncn1c(-c3ccccc3)nnc21. The summed E-state index contributed by atoms with van der Waals surface area (Å²) in [4.78, 5) is 4.62. The molecule has 0 amide bonds. The van der Waals surface area contributed by atoms with E-state index in [9.17, 15) is 0 Å². The summed E-state index contributed by atoms with van der Waals surface area (Å²) in [5, 5.41) is 14.7. The van der Waals surface area contributed by atoms with Crippen molar-refractivity contribution in [2.24, 2.45) is 0 Å². The molecule has 0 aliphatic carbocycles. The normalized spacial score (nSPS) is 11.5. The van der Waals surface area contributed by atoms with Gasteiger partial charge in [-0.2, -0.15) is 5.10 Å². The lowest BCUT2D eigenvalue weighted by Crippen LogP contribution is -2.01. The van der Waals surface area contributed by atoms with Crippen molar-refractivity contribution < 1.29 is 0 Å². The van der Waals surface area contributed by atoms with Crippen molar-refractivity contribution in [3.8, 4) is 17.1 Å². The smallest absolute Gasteiger partial charge is 0.175 e. The maximum absolute atomic E-state index is 6.16. The maximum atomic E-state index is 6.16. The fourth-order valence-electron chi connectivity index (χ4n) is 3.09.